The predicted molar refractivity (Wildman–Crippen MR) is 93.3 cm³/mol. The molecule has 0 fully saturated rings. The van der Waals surface area contributed by atoms with Crippen LogP contribution in [0.1, 0.15) is 44.9 Å². The number of rotatable bonds is 10. The van der Waals surface area contributed by atoms with Crippen molar-refractivity contribution in [1.29, 1.82) is 0 Å². The fourth-order valence-electron chi connectivity index (χ4n) is 1.88. The van der Waals surface area contributed by atoms with Gasteiger partial charge in [-0.05, 0) is 36.8 Å². The van der Waals surface area contributed by atoms with E-state index in [0.717, 1.165) is 21.1 Å². The van der Waals surface area contributed by atoms with Crippen molar-refractivity contribution in [2.45, 2.75) is 49.8 Å². The number of alkyl halides is 1. The third kappa shape index (κ3) is 9.23. The predicted octanol–water partition coefficient (Wildman–Crippen LogP) is 7.21. The topological polar surface area (TPSA) is 0 Å². The lowest BCUT2D eigenvalue weighted by atomic mass is 10.1. The zero-order chi connectivity index (χ0) is 13.9. The van der Waals surface area contributed by atoms with Gasteiger partial charge in [0.25, 0.3) is 0 Å². The molecule has 0 aromatic heterocycles. The molecule has 1 aromatic carbocycles. The highest BCUT2D eigenvalue weighted by molar-refractivity contribution is 9.09. The van der Waals surface area contributed by atoms with Gasteiger partial charge in [-0.2, -0.15) is 0 Å². The fraction of sp³-hybridized carbons (Fsp3) is 0.600. The molecule has 1 aromatic rings. The Labute approximate surface area is 139 Å². The summed E-state index contributed by atoms with van der Waals surface area (Å²) in [5.74, 6) is 1.15. The largest absolute Gasteiger partial charge is 0.126 e. The number of unbranched alkanes of at least 4 members (excludes halogenated alkanes) is 6. The molecule has 0 radical (unpaired) electrons. The van der Waals surface area contributed by atoms with Gasteiger partial charge in [0.2, 0.25) is 0 Å². The van der Waals surface area contributed by atoms with Crippen LogP contribution in [0.15, 0.2) is 23.1 Å². The Kier molecular flexibility index (Phi) is 10.5. The van der Waals surface area contributed by atoms with Crippen molar-refractivity contribution in [2.75, 3.05) is 11.1 Å². The molecule has 0 saturated carbocycles. The molecule has 0 nitrogen and oxygen atoms in total. The van der Waals surface area contributed by atoms with Crippen LogP contribution < -0.4 is 0 Å². The van der Waals surface area contributed by atoms with Gasteiger partial charge in [-0.25, -0.2) is 0 Å². The summed E-state index contributed by atoms with van der Waals surface area (Å²) in [7, 11) is 0. The van der Waals surface area contributed by atoms with Crippen molar-refractivity contribution in [2.24, 2.45) is 0 Å². The first-order valence-electron chi connectivity index (χ1n) is 6.87. The molecule has 4 heteroatoms. The Morgan fingerprint density at radius 2 is 1.32 bits per heavy atom. The second-order valence-corrected chi connectivity index (χ2v) is 7.45. The maximum Gasteiger partial charge on any atom is 0.0431 e. The molecule has 0 amide bonds. The molecule has 0 spiro atoms. The van der Waals surface area contributed by atoms with Gasteiger partial charge in [-0.15, -0.1) is 11.8 Å². The summed E-state index contributed by atoms with van der Waals surface area (Å²) in [5, 5.41) is 2.59. The summed E-state index contributed by atoms with van der Waals surface area (Å²) in [6.45, 7) is 0. The van der Waals surface area contributed by atoms with Gasteiger partial charge in [0, 0.05) is 20.3 Å². The molecule has 0 saturated heterocycles. The van der Waals surface area contributed by atoms with E-state index in [-0.39, 0.29) is 0 Å². The third-order valence-corrected chi connectivity index (χ3v) is 4.94. The van der Waals surface area contributed by atoms with E-state index in [0.29, 0.717) is 0 Å². The molecular weight excluding hydrogens is 363 g/mol. The summed E-state index contributed by atoms with van der Waals surface area (Å²) in [6.07, 6.45) is 9.39. The summed E-state index contributed by atoms with van der Waals surface area (Å²) in [5.41, 5.74) is 0. The van der Waals surface area contributed by atoms with Crippen LogP contribution in [0.3, 0.4) is 0 Å². The van der Waals surface area contributed by atoms with Crippen molar-refractivity contribution in [3.63, 3.8) is 0 Å². The molecule has 19 heavy (non-hydrogen) atoms. The lowest BCUT2D eigenvalue weighted by Gasteiger charge is -2.04. The highest BCUT2D eigenvalue weighted by Gasteiger charge is 1.99. The molecule has 0 aliphatic carbocycles. The minimum Gasteiger partial charge on any atom is -0.126 e. The molecule has 0 aliphatic heterocycles. The lowest BCUT2D eigenvalue weighted by molar-refractivity contribution is 0.606. The molecule has 0 unspecified atom stereocenters. The minimum absolute atomic E-state index is 0.724. The zero-order valence-corrected chi connectivity index (χ0v) is 15.1. The maximum absolute atomic E-state index is 5.97. The highest BCUT2D eigenvalue weighted by Crippen LogP contribution is 2.27. The summed E-state index contributed by atoms with van der Waals surface area (Å²) in [4.78, 5) is 1.18. The Balaban J connectivity index is 2.01. The summed E-state index contributed by atoms with van der Waals surface area (Å²) in [6, 6.07) is 5.75. The van der Waals surface area contributed by atoms with Gasteiger partial charge in [0.1, 0.15) is 0 Å². The van der Waals surface area contributed by atoms with Crippen molar-refractivity contribution >= 4 is 50.9 Å². The summed E-state index contributed by atoms with van der Waals surface area (Å²) < 4.78 is 0. The smallest absolute Gasteiger partial charge is 0.0431 e. The van der Waals surface area contributed by atoms with Gasteiger partial charge < -0.3 is 0 Å². The van der Waals surface area contributed by atoms with Crippen LogP contribution in [-0.4, -0.2) is 11.1 Å². The monoisotopic (exact) mass is 382 g/mol. The van der Waals surface area contributed by atoms with E-state index in [9.17, 15) is 0 Å². The quantitative estimate of drug-likeness (QED) is 0.233. The van der Waals surface area contributed by atoms with E-state index in [1.165, 1.54) is 49.8 Å². The molecule has 0 heterocycles. The summed E-state index contributed by atoms with van der Waals surface area (Å²) >= 11 is 17.3. The highest BCUT2D eigenvalue weighted by atomic mass is 79.9. The Morgan fingerprint density at radius 3 is 1.89 bits per heavy atom. The van der Waals surface area contributed by atoms with Crippen LogP contribution in [0, 0.1) is 0 Å². The zero-order valence-electron chi connectivity index (χ0n) is 11.1. The van der Waals surface area contributed by atoms with E-state index in [1.54, 1.807) is 6.07 Å². The van der Waals surface area contributed by atoms with Crippen LogP contribution in [0.5, 0.6) is 0 Å². The average molecular weight is 384 g/mol. The Hall–Kier alpha value is 0.630. The Morgan fingerprint density at radius 1 is 0.789 bits per heavy atom. The number of hydrogen-bond donors (Lipinski definition) is 0. The van der Waals surface area contributed by atoms with E-state index in [1.807, 2.05) is 23.9 Å². The fourth-order valence-corrected chi connectivity index (χ4v) is 3.94. The maximum atomic E-state index is 5.97. The first-order valence-corrected chi connectivity index (χ1v) is 9.73. The molecule has 0 atom stereocenters. The molecule has 0 aliphatic rings. The van der Waals surface area contributed by atoms with Gasteiger partial charge >= 0.3 is 0 Å². The van der Waals surface area contributed by atoms with Crippen LogP contribution in [0.4, 0.5) is 0 Å². The van der Waals surface area contributed by atoms with E-state index in [4.69, 9.17) is 23.2 Å². The van der Waals surface area contributed by atoms with Crippen LogP contribution in [0.2, 0.25) is 10.0 Å². The Bertz CT molecular complexity index is 338. The number of hydrogen-bond acceptors (Lipinski definition) is 1. The van der Waals surface area contributed by atoms with Crippen molar-refractivity contribution in [1.82, 2.24) is 0 Å². The van der Waals surface area contributed by atoms with E-state index in [2.05, 4.69) is 15.9 Å². The first kappa shape index (κ1) is 17.7. The van der Waals surface area contributed by atoms with Crippen LogP contribution in [0.25, 0.3) is 0 Å². The van der Waals surface area contributed by atoms with Gasteiger partial charge in [-0.1, -0.05) is 71.2 Å². The molecule has 1 rings (SSSR count). The van der Waals surface area contributed by atoms with Crippen LogP contribution >= 0.6 is 50.9 Å². The second kappa shape index (κ2) is 11.3. The van der Waals surface area contributed by atoms with Crippen LogP contribution in [-0.2, 0) is 0 Å². The van der Waals surface area contributed by atoms with E-state index < -0.39 is 0 Å². The number of halogens is 3. The van der Waals surface area contributed by atoms with Gasteiger partial charge in [0.05, 0.1) is 0 Å². The lowest BCUT2D eigenvalue weighted by Crippen LogP contribution is -1.84. The molecular formula is C15H21BrCl2S. The van der Waals surface area contributed by atoms with Gasteiger partial charge in [0.15, 0.2) is 0 Å². The van der Waals surface area contributed by atoms with E-state index >= 15 is 0 Å². The molecule has 0 bridgehead atoms. The van der Waals surface area contributed by atoms with Crippen molar-refractivity contribution in [3.8, 4) is 0 Å². The average Bonchev–Trinajstić information content (AvgIpc) is 2.36. The molecule has 0 N–H and O–H groups in total. The van der Waals surface area contributed by atoms with Crippen molar-refractivity contribution < 1.29 is 0 Å². The SMILES string of the molecule is Clc1cc(Cl)cc(SCCCCCCCCCBr)c1. The number of benzene rings is 1. The standard InChI is InChI=1S/C15H21BrCl2S/c16-8-6-4-2-1-3-5-7-9-19-15-11-13(17)10-14(18)12-15/h10-12H,1-9H2. The van der Waals surface area contributed by atoms with Gasteiger partial charge in [-0.3, -0.25) is 0 Å². The molecule has 108 valence electrons. The van der Waals surface area contributed by atoms with Crippen molar-refractivity contribution in [3.05, 3.63) is 28.2 Å². The normalized spacial score (nSPS) is 10.9. The first-order chi connectivity index (χ1) is 9.22. The minimum atomic E-state index is 0.724. The second-order valence-electron chi connectivity index (χ2n) is 4.62. The number of thioether (sulfide) groups is 1. The third-order valence-electron chi connectivity index (χ3n) is 2.88.